The van der Waals surface area contributed by atoms with Gasteiger partial charge in [-0.2, -0.15) is 0 Å². The van der Waals surface area contributed by atoms with Crippen molar-refractivity contribution >= 4 is 11.9 Å². The number of carbonyl (C=O) groups excluding carboxylic acids is 2. The fraction of sp³-hybridized carbons (Fsp3) is 0.357. The SMILES string of the molecule is COC(=O)C1CC(=O)N(OCc2ccccc2)C12CCN(Cc1ccc(Oc3ncccn3)cc1)CC2. The van der Waals surface area contributed by atoms with Gasteiger partial charge in [0.2, 0.25) is 5.91 Å². The number of carbonyl (C=O) groups is 2. The largest absolute Gasteiger partial charge is 0.469 e. The molecular formula is C28H30N4O5. The van der Waals surface area contributed by atoms with Crippen molar-refractivity contribution in [2.45, 2.75) is 38.0 Å². The Labute approximate surface area is 215 Å². The van der Waals surface area contributed by atoms with E-state index in [9.17, 15) is 9.59 Å². The molecule has 2 aliphatic rings. The molecule has 0 aliphatic carbocycles. The molecule has 2 fully saturated rings. The Morgan fingerprint density at radius 3 is 2.35 bits per heavy atom. The normalized spacial score (nSPS) is 19.2. The Morgan fingerprint density at radius 2 is 1.68 bits per heavy atom. The summed E-state index contributed by atoms with van der Waals surface area (Å²) in [5, 5.41) is 1.48. The van der Waals surface area contributed by atoms with E-state index in [2.05, 4.69) is 14.9 Å². The smallest absolute Gasteiger partial charge is 0.321 e. The number of ether oxygens (including phenoxy) is 2. The number of nitrogens with zero attached hydrogens (tertiary/aromatic N) is 4. The van der Waals surface area contributed by atoms with E-state index >= 15 is 0 Å². The van der Waals surface area contributed by atoms with Crippen LogP contribution in [0.4, 0.5) is 0 Å². The summed E-state index contributed by atoms with van der Waals surface area (Å²) in [6.45, 7) is 2.47. The first-order chi connectivity index (χ1) is 18.1. The van der Waals surface area contributed by atoms with Crippen molar-refractivity contribution in [2.24, 2.45) is 5.92 Å². The summed E-state index contributed by atoms with van der Waals surface area (Å²) in [7, 11) is 1.38. The van der Waals surface area contributed by atoms with Crippen LogP contribution in [-0.4, -0.2) is 57.5 Å². The second kappa shape index (κ2) is 11.1. The molecule has 192 valence electrons. The molecule has 2 saturated heterocycles. The lowest BCUT2D eigenvalue weighted by Crippen LogP contribution is -2.57. The number of aromatic nitrogens is 2. The third-order valence-corrected chi connectivity index (χ3v) is 7.15. The Balaban J connectivity index is 1.24. The number of hydrogen-bond donors (Lipinski definition) is 0. The number of rotatable bonds is 8. The number of amides is 1. The van der Waals surface area contributed by atoms with Gasteiger partial charge >= 0.3 is 12.0 Å². The third kappa shape index (κ3) is 5.47. The summed E-state index contributed by atoms with van der Waals surface area (Å²) in [4.78, 5) is 42.2. The summed E-state index contributed by atoms with van der Waals surface area (Å²) in [6.07, 6.45) is 4.63. The van der Waals surface area contributed by atoms with Crippen LogP contribution in [-0.2, 0) is 32.3 Å². The topological polar surface area (TPSA) is 94.1 Å². The van der Waals surface area contributed by atoms with Crippen LogP contribution in [0.2, 0.25) is 0 Å². The van der Waals surface area contributed by atoms with Gasteiger partial charge < -0.3 is 9.47 Å². The first-order valence-corrected chi connectivity index (χ1v) is 12.4. The van der Waals surface area contributed by atoms with Gasteiger partial charge in [-0.15, -0.1) is 0 Å². The van der Waals surface area contributed by atoms with E-state index in [0.717, 1.165) is 30.8 Å². The quantitative estimate of drug-likeness (QED) is 0.430. The van der Waals surface area contributed by atoms with Gasteiger partial charge in [0.1, 0.15) is 12.4 Å². The minimum atomic E-state index is -0.706. The summed E-state index contributed by atoms with van der Waals surface area (Å²) in [5.74, 6) is -0.396. The monoisotopic (exact) mass is 502 g/mol. The molecule has 0 radical (unpaired) electrons. The fourth-order valence-corrected chi connectivity index (χ4v) is 5.21. The highest BCUT2D eigenvalue weighted by Crippen LogP contribution is 2.45. The van der Waals surface area contributed by atoms with Gasteiger partial charge in [-0.1, -0.05) is 42.5 Å². The van der Waals surface area contributed by atoms with Crippen molar-refractivity contribution in [3.05, 3.63) is 84.2 Å². The molecule has 0 saturated carbocycles. The molecule has 1 aromatic heterocycles. The van der Waals surface area contributed by atoms with E-state index < -0.39 is 11.5 Å². The molecule has 3 heterocycles. The van der Waals surface area contributed by atoms with Gasteiger partial charge in [0.25, 0.3) is 0 Å². The summed E-state index contributed by atoms with van der Waals surface area (Å²) in [6, 6.07) is 19.6. The Kier molecular flexibility index (Phi) is 7.43. The minimum Gasteiger partial charge on any atom is -0.469 e. The maximum Gasteiger partial charge on any atom is 0.321 e. The molecule has 2 aromatic carbocycles. The van der Waals surface area contributed by atoms with Crippen LogP contribution in [0.25, 0.3) is 0 Å². The fourth-order valence-electron chi connectivity index (χ4n) is 5.21. The Morgan fingerprint density at radius 1 is 0.973 bits per heavy atom. The molecule has 0 bridgehead atoms. The number of esters is 1. The number of methoxy groups -OCH3 is 1. The maximum atomic E-state index is 13.0. The van der Waals surface area contributed by atoms with Crippen LogP contribution < -0.4 is 4.74 Å². The minimum absolute atomic E-state index is 0.105. The number of likely N-dealkylation sites (tertiary alicyclic amines) is 1. The zero-order chi connectivity index (χ0) is 25.7. The van der Waals surface area contributed by atoms with Gasteiger partial charge in [0.05, 0.1) is 18.6 Å². The highest BCUT2D eigenvalue weighted by molar-refractivity contribution is 5.88. The average Bonchev–Trinajstić information content (AvgIpc) is 3.21. The molecule has 2 aliphatic heterocycles. The maximum absolute atomic E-state index is 13.0. The molecule has 3 aromatic rings. The van der Waals surface area contributed by atoms with Crippen molar-refractivity contribution in [2.75, 3.05) is 20.2 Å². The predicted molar refractivity (Wildman–Crippen MR) is 134 cm³/mol. The predicted octanol–water partition coefficient (Wildman–Crippen LogP) is 3.76. The van der Waals surface area contributed by atoms with E-state index in [-0.39, 0.29) is 24.9 Å². The molecule has 5 rings (SSSR count). The van der Waals surface area contributed by atoms with Gasteiger partial charge in [-0.05, 0) is 42.2 Å². The van der Waals surface area contributed by atoms with Crippen molar-refractivity contribution in [3.8, 4) is 11.8 Å². The van der Waals surface area contributed by atoms with Crippen LogP contribution in [0, 0.1) is 5.92 Å². The van der Waals surface area contributed by atoms with E-state index in [4.69, 9.17) is 14.3 Å². The van der Waals surface area contributed by atoms with Crippen LogP contribution >= 0.6 is 0 Å². The third-order valence-electron chi connectivity index (χ3n) is 7.15. The van der Waals surface area contributed by atoms with Gasteiger partial charge in [-0.25, -0.2) is 15.0 Å². The molecule has 0 N–H and O–H groups in total. The van der Waals surface area contributed by atoms with Crippen LogP contribution in [0.15, 0.2) is 73.1 Å². The second-order valence-electron chi connectivity index (χ2n) is 9.38. The summed E-state index contributed by atoms with van der Waals surface area (Å²) in [5.41, 5.74) is 1.40. The van der Waals surface area contributed by atoms with Gasteiger partial charge in [0, 0.05) is 38.4 Å². The second-order valence-corrected chi connectivity index (χ2v) is 9.38. The number of hydrogen-bond acceptors (Lipinski definition) is 8. The molecule has 1 unspecified atom stereocenters. The van der Waals surface area contributed by atoms with Crippen molar-refractivity contribution in [1.82, 2.24) is 19.9 Å². The standard InChI is InChI=1S/C28H30N4O5/c1-35-26(34)24-18-25(33)32(36-20-22-6-3-2-4-7-22)28(24)12-16-31(17-13-28)19-21-8-10-23(11-9-21)37-27-29-14-5-15-30-27/h2-11,14-15,24H,12-13,16-20H2,1H3. The Bertz CT molecular complexity index is 1200. The van der Waals surface area contributed by atoms with Crippen molar-refractivity contribution in [1.29, 1.82) is 0 Å². The first kappa shape index (κ1) is 24.9. The zero-order valence-electron chi connectivity index (χ0n) is 20.8. The van der Waals surface area contributed by atoms with Crippen LogP contribution in [0.5, 0.6) is 11.8 Å². The number of piperidine rings is 1. The van der Waals surface area contributed by atoms with Crippen molar-refractivity contribution in [3.63, 3.8) is 0 Å². The lowest BCUT2D eigenvalue weighted by Gasteiger charge is -2.45. The summed E-state index contributed by atoms with van der Waals surface area (Å²) < 4.78 is 10.8. The number of benzene rings is 2. The molecule has 1 amide bonds. The van der Waals surface area contributed by atoms with E-state index in [0.29, 0.717) is 24.6 Å². The van der Waals surface area contributed by atoms with Crippen LogP contribution in [0.1, 0.15) is 30.4 Å². The lowest BCUT2D eigenvalue weighted by molar-refractivity contribution is -0.229. The molecular weight excluding hydrogens is 472 g/mol. The zero-order valence-corrected chi connectivity index (χ0v) is 20.8. The number of hydroxylamine groups is 2. The Hall–Kier alpha value is -3.82. The average molecular weight is 503 g/mol. The first-order valence-electron chi connectivity index (χ1n) is 12.4. The lowest BCUT2D eigenvalue weighted by atomic mass is 9.77. The van der Waals surface area contributed by atoms with Gasteiger partial charge in [0.15, 0.2) is 0 Å². The highest BCUT2D eigenvalue weighted by Gasteiger charge is 2.58. The van der Waals surface area contributed by atoms with Crippen LogP contribution in [0.3, 0.4) is 0 Å². The molecule has 9 nitrogen and oxygen atoms in total. The van der Waals surface area contributed by atoms with E-state index in [1.54, 1.807) is 18.5 Å². The molecule has 1 spiro atoms. The summed E-state index contributed by atoms with van der Waals surface area (Å²) >= 11 is 0. The van der Waals surface area contributed by atoms with E-state index in [1.807, 2.05) is 54.6 Å². The molecule has 9 heteroatoms. The molecule has 37 heavy (non-hydrogen) atoms. The van der Waals surface area contributed by atoms with Gasteiger partial charge in [-0.3, -0.25) is 19.3 Å². The van der Waals surface area contributed by atoms with E-state index in [1.165, 1.54) is 12.2 Å². The highest BCUT2D eigenvalue weighted by atomic mass is 16.7. The van der Waals surface area contributed by atoms with Crippen molar-refractivity contribution < 1.29 is 23.9 Å². The molecule has 1 atom stereocenters.